The largest absolute Gasteiger partial charge is 0.399 e. The van der Waals surface area contributed by atoms with E-state index in [1.165, 1.54) is 5.70 Å². The summed E-state index contributed by atoms with van der Waals surface area (Å²) in [6.45, 7) is 4.10. The van der Waals surface area contributed by atoms with Crippen LogP contribution in [0.5, 0.6) is 0 Å². The fourth-order valence-corrected chi connectivity index (χ4v) is 2.70. The van der Waals surface area contributed by atoms with Crippen LogP contribution in [0.3, 0.4) is 0 Å². The molecule has 23 heavy (non-hydrogen) atoms. The summed E-state index contributed by atoms with van der Waals surface area (Å²) in [5.41, 5.74) is 9.43. The van der Waals surface area contributed by atoms with Gasteiger partial charge in [-0.05, 0) is 49.1 Å². The number of thiol groups is 1. The van der Waals surface area contributed by atoms with Gasteiger partial charge in [0.1, 0.15) is 0 Å². The van der Waals surface area contributed by atoms with E-state index in [9.17, 15) is 0 Å². The highest BCUT2D eigenvalue weighted by molar-refractivity contribution is 7.84. The predicted octanol–water partition coefficient (Wildman–Crippen LogP) is 3.70. The Morgan fingerprint density at radius 1 is 1.48 bits per heavy atom. The van der Waals surface area contributed by atoms with Crippen LogP contribution in [0.2, 0.25) is 0 Å². The van der Waals surface area contributed by atoms with E-state index in [4.69, 9.17) is 10.8 Å². The molecule has 0 heterocycles. The van der Waals surface area contributed by atoms with E-state index >= 15 is 0 Å². The Morgan fingerprint density at radius 2 is 2.26 bits per heavy atom. The topological polar surface area (TPSA) is 58.3 Å². The summed E-state index contributed by atoms with van der Waals surface area (Å²) in [4.78, 5) is 0.609. The standard InChI is InChI=1S/C19H26N2OS/c1-19(2)10-9-16(21-15-7-5-3-4-6-8-15)11-14(19)12-18(23)17(20)13-22/h3,5,7,9-12,21-23H,4,6,8,13,20H2,1-2H3/b14-12-,18-17-. The maximum Gasteiger partial charge on any atom is 0.0836 e. The van der Waals surface area contributed by atoms with Gasteiger partial charge in [0.2, 0.25) is 0 Å². The maximum atomic E-state index is 9.14. The van der Waals surface area contributed by atoms with Gasteiger partial charge in [-0.3, -0.25) is 0 Å². The first-order chi connectivity index (χ1) is 10.9. The van der Waals surface area contributed by atoms with Gasteiger partial charge in [-0.25, -0.2) is 0 Å². The molecule has 0 fully saturated rings. The Kier molecular flexibility index (Phi) is 5.97. The first-order valence-electron chi connectivity index (χ1n) is 7.96. The van der Waals surface area contributed by atoms with Gasteiger partial charge < -0.3 is 16.2 Å². The molecule has 4 heteroatoms. The fraction of sp³-hybridized carbons (Fsp3) is 0.368. The fourth-order valence-electron chi connectivity index (χ4n) is 2.49. The van der Waals surface area contributed by atoms with Crippen molar-refractivity contribution in [2.24, 2.45) is 11.1 Å². The molecule has 0 amide bonds. The van der Waals surface area contributed by atoms with E-state index < -0.39 is 0 Å². The van der Waals surface area contributed by atoms with Gasteiger partial charge in [0.05, 0.1) is 6.61 Å². The van der Waals surface area contributed by atoms with Gasteiger partial charge in [-0.1, -0.05) is 32.1 Å². The van der Waals surface area contributed by atoms with Crippen molar-refractivity contribution < 1.29 is 5.11 Å². The quantitative estimate of drug-likeness (QED) is 0.595. The minimum atomic E-state index is -0.188. The molecule has 0 aromatic rings. The lowest BCUT2D eigenvalue weighted by atomic mass is 9.80. The van der Waals surface area contributed by atoms with E-state index in [1.54, 1.807) is 0 Å². The summed E-state index contributed by atoms with van der Waals surface area (Å²) in [5.74, 6) is 0. The molecule has 3 nitrogen and oxygen atoms in total. The Balaban J connectivity index is 2.25. The number of hydrogen-bond donors (Lipinski definition) is 4. The van der Waals surface area contributed by atoms with Crippen molar-refractivity contribution in [3.63, 3.8) is 0 Å². The molecule has 0 bridgehead atoms. The average molecular weight is 330 g/mol. The molecule has 4 N–H and O–H groups in total. The number of allylic oxidation sites excluding steroid dienone is 9. The van der Waals surface area contributed by atoms with Crippen molar-refractivity contribution in [1.29, 1.82) is 0 Å². The molecule has 2 aliphatic carbocycles. The second-order valence-corrected chi connectivity index (χ2v) is 6.94. The molecular weight excluding hydrogens is 304 g/mol. The van der Waals surface area contributed by atoms with Crippen LogP contribution >= 0.6 is 12.6 Å². The van der Waals surface area contributed by atoms with Gasteiger partial charge in [0.15, 0.2) is 0 Å². The summed E-state index contributed by atoms with van der Waals surface area (Å²) >= 11 is 4.39. The van der Waals surface area contributed by atoms with E-state index in [-0.39, 0.29) is 12.0 Å². The van der Waals surface area contributed by atoms with Crippen molar-refractivity contribution in [2.75, 3.05) is 6.61 Å². The molecule has 0 unspecified atom stereocenters. The van der Waals surface area contributed by atoms with Gasteiger partial charge in [0.25, 0.3) is 0 Å². The molecule has 2 aliphatic rings. The summed E-state index contributed by atoms with van der Waals surface area (Å²) in [6, 6.07) is 0. The van der Waals surface area contributed by atoms with Crippen molar-refractivity contribution in [1.82, 2.24) is 5.32 Å². The third kappa shape index (κ3) is 4.91. The molecule has 124 valence electrons. The molecule has 0 aromatic carbocycles. The lowest BCUT2D eigenvalue weighted by Gasteiger charge is -2.27. The minimum absolute atomic E-state index is 0.105. The van der Waals surface area contributed by atoms with Crippen LogP contribution in [0, 0.1) is 5.41 Å². The Morgan fingerprint density at radius 3 is 3.00 bits per heavy atom. The van der Waals surface area contributed by atoms with E-state index in [2.05, 4.69) is 68.2 Å². The van der Waals surface area contributed by atoms with Crippen molar-refractivity contribution in [3.05, 3.63) is 70.1 Å². The van der Waals surface area contributed by atoms with Gasteiger partial charge >= 0.3 is 0 Å². The lowest BCUT2D eigenvalue weighted by molar-refractivity contribution is 0.329. The Bertz CT molecular complexity index is 634. The zero-order valence-corrected chi connectivity index (χ0v) is 14.7. The first kappa shape index (κ1) is 17.7. The van der Waals surface area contributed by atoms with Crippen LogP contribution in [-0.4, -0.2) is 11.7 Å². The van der Waals surface area contributed by atoms with Crippen LogP contribution in [0.25, 0.3) is 0 Å². The molecule has 0 spiro atoms. The van der Waals surface area contributed by atoms with Crippen LogP contribution in [0.15, 0.2) is 70.1 Å². The molecule has 0 saturated heterocycles. The summed E-state index contributed by atoms with van der Waals surface area (Å²) in [5, 5.41) is 12.6. The van der Waals surface area contributed by atoms with Crippen molar-refractivity contribution in [3.8, 4) is 0 Å². The Labute approximate surface area is 144 Å². The predicted molar refractivity (Wildman–Crippen MR) is 101 cm³/mol. The van der Waals surface area contributed by atoms with Gasteiger partial charge in [-0.2, -0.15) is 0 Å². The third-order valence-corrected chi connectivity index (χ3v) is 4.50. The zero-order valence-electron chi connectivity index (χ0n) is 13.8. The number of aliphatic hydroxyl groups excluding tert-OH is 1. The van der Waals surface area contributed by atoms with Crippen LogP contribution in [0.4, 0.5) is 0 Å². The number of hydrogen-bond acceptors (Lipinski definition) is 4. The van der Waals surface area contributed by atoms with Crippen LogP contribution < -0.4 is 11.1 Å². The average Bonchev–Trinajstić information content (AvgIpc) is 2.78. The smallest absolute Gasteiger partial charge is 0.0836 e. The summed E-state index contributed by atoms with van der Waals surface area (Å²) in [7, 11) is 0. The van der Waals surface area contributed by atoms with Gasteiger partial charge in [0, 0.05) is 27.4 Å². The molecule has 0 atom stereocenters. The normalized spacial score (nSPS) is 23.0. The summed E-state index contributed by atoms with van der Waals surface area (Å²) < 4.78 is 0. The highest BCUT2D eigenvalue weighted by Crippen LogP contribution is 2.35. The van der Waals surface area contributed by atoms with E-state index in [1.807, 2.05) is 6.08 Å². The minimum Gasteiger partial charge on any atom is -0.399 e. The van der Waals surface area contributed by atoms with Gasteiger partial charge in [-0.15, -0.1) is 12.6 Å². The summed E-state index contributed by atoms with van der Waals surface area (Å²) in [6.07, 6.45) is 18.1. The second-order valence-electron chi connectivity index (χ2n) is 6.46. The van der Waals surface area contributed by atoms with Crippen molar-refractivity contribution in [2.45, 2.75) is 33.1 Å². The number of rotatable bonds is 4. The van der Waals surface area contributed by atoms with E-state index in [0.29, 0.717) is 10.6 Å². The molecule has 0 saturated carbocycles. The maximum absolute atomic E-state index is 9.14. The SMILES string of the molecule is CC1(C)C=CC(NC2=CC=CCCC2)=C/C1=C/C(S)=C(/N)CO. The molecule has 0 aromatic heterocycles. The number of nitrogens with one attached hydrogen (secondary N) is 1. The van der Waals surface area contributed by atoms with Crippen molar-refractivity contribution >= 4 is 12.6 Å². The molecule has 0 aliphatic heterocycles. The molecular formula is C19H26N2OS. The molecule has 2 rings (SSSR count). The molecule has 0 radical (unpaired) electrons. The van der Waals surface area contributed by atoms with Crippen LogP contribution in [0.1, 0.15) is 33.1 Å². The monoisotopic (exact) mass is 330 g/mol. The highest BCUT2D eigenvalue weighted by atomic mass is 32.1. The lowest BCUT2D eigenvalue weighted by Crippen LogP contribution is -2.19. The third-order valence-electron chi connectivity index (χ3n) is 4.08. The Hall–Kier alpha value is -1.65. The highest BCUT2D eigenvalue weighted by Gasteiger charge is 2.22. The van der Waals surface area contributed by atoms with E-state index in [0.717, 1.165) is 30.5 Å². The number of aliphatic hydroxyl groups is 1. The second kappa shape index (κ2) is 7.75. The zero-order chi connectivity index (χ0) is 16.9. The first-order valence-corrected chi connectivity index (χ1v) is 8.41. The van der Waals surface area contributed by atoms with Crippen LogP contribution in [-0.2, 0) is 0 Å². The number of nitrogens with two attached hydrogens (primary N) is 1.